The summed E-state index contributed by atoms with van der Waals surface area (Å²) in [6.45, 7) is 15.2. The minimum absolute atomic E-state index is 0.167. The van der Waals surface area contributed by atoms with Crippen LogP contribution in [-0.2, 0) is 4.74 Å². The number of carbonyl (C=O) groups excluding carboxylic acids is 1. The first kappa shape index (κ1) is 19.5. The SMILES string of the molecule is CNCCN1CCC(CN2CCN(C(=O)OC(C)(C)C)CC2)CC1. The summed E-state index contributed by atoms with van der Waals surface area (Å²) in [6, 6.07) is 0. The lowest BCUT2D eigenvalue weighted by molar-refractivity contribution is 0.0123. The predicted molar refractivity (Wildman–Crippen MR) is 97.3 cm³/mol. The number of carbonyl (C=O) groups is 1. The Labute approximate surface area is 147 Å². The highest BCUT2D eigenvalue weighted by molar-refractivity contribution is 5.68. The summed E-state index contributed by atoms with van der Waals surface area (Å²) in [5, 5.41) is 3.23. The molecule has 0 radical (unpaired) electrons. The van der Waals surface area contributed by atoms with E-state index in [-0.39, 0.29) is 6.09 Å². The van der Waals surface area contributed by atoms with Gasteiger partial charge in [-0.2, -0.15) is 0 Å². The van der Waals surface area contributed by atoms with E-state index in [1.54, 1.807) is 0 Å². The van der Waals surface area contributed by atoms with Gasteiger partial charge >= 0.3 is 6.09 Å². The van der Waals surface area contributed by atoms with E-state index >= 15 is 0 Å². The van der Waals surface area contributed by atoms with Crippen molar-refractivity contribution in [2.24, 2.45) is 5.92 Å². The number of hydrogen-bond acceptors (Lipinski definition) is 5. The predicted octanol–water partition coefficient (Wildman–Crippen LogP) is 1.47. The number of nitrogens with zero attached hydrogens (tertiary/aromatic N) is 3. The van der Waals surface area contributed by atoms with Gasteiger partial charge in [0.1, 0.15) is 5.60 Å². The van der Waals surface area contributed by atoms with Crippen LogP contribution in [0.2, 0.25) is 0 Å². The van der Waals surface area contributed by atoms with Gasteiger partial charge in [0.25, 0.3) is 0 Å². The van der Waals surface area contributed by atoms with Crippen LogP contribution in [0.15, 0.2) is 0 Å². The molecule has 2 rings (SSSR count). The molecule has 2 heterocycles. The van der Waals surface area contributed by atoms with Gasteiger partial charge in [0.15, 0.2) is 0 Å². The summed E-state index contributed by atoms with van der Waals surface area (Å²) in [5.74, 6) is 0.809. The first-order valence-corrected chi connectivity index (χ1v) is 9.44. The normalized spacial score (nSPS) is 21.9. The number of nitrogens with one attached hydrogen (secondary N) is 1. The molecular weight excluding hydrogens is 304 g/mol. The lowest BCUT2D eigenvalue weighted by Gasteiger charge is -2.39. The fraction of sp³-hybridized carbons (Fsp3) is 0.944. The van der Waals surface area contributed by atoms with E-state index in [0.717, 1.165) is 45.2 Å². The maximum Gasteiger partial charge on any atom is 0.410 e. The van der Waals surface area contributed by atoms with Crippen molar-refractivity contribution in [1.82, 2.24) is 20.0 Å². The fourth-order valence-corrected chi connectivity index (χ4v) is 3.47. The average Bonchev–Trinajstić information content (AvgIpc) is 2.53. The van der Waals surface area contributed by atoms with Crippen molar-refractivity contribution in [3.63, 3.8) is 0 Å². The van der Waals surface area contributed by atoms with Gasteiger partial charge in [0, 0.05) is 45.8 Å². The highest BCUT2D eigenvalue weighted by Crippen LogP contribution is 2.19. The van der Waals surface area contributed by atoms with E-state index in [1.807, 2.05) is 32.7 Å². The second kappa shape index (κ2) is 9.02. The average molecular weight is 341 g/mol. The van der Waals surface area contributed by atoms with Crippen LogP contribution in [-0.4, -0.2) is 92.3 Å². The third-order valence-electron chi connectivity index (χ3n) is 4.93. The first-order valence-electron chi connectivity index (χ1n) is 9.44. The Hall–Kier alpha value is -0.850. The van der Waals surface area contributed by atoms with Crippen LogP contribution in [0.25, 0.3) is 0 Å². The third kappa shape index (κ3) is 6.57. The lowest BCUT2D eigenvalue weighted by atomic mass is 9.96. The number of piperidine rings is 1. The molecule has 0 aliphatic carbocycles. The number of likely N-dealkylation sites (N-methyl/N-ethyl adjacent to an activating group) is 1. The standard InChI is InChI=1S/C18H36N4O2/c1-18(2,3)24-17(23)22-13-11-21(12-14-22)15-16-5-8-20(9-6-16)10-7-19-4/h16,19H,5-15H2,1-4H3. The van der Waals surface area contributed by atoms with Crippen LogP contribution in [0.5, 0.6) is 0 Å². The van der Waals surface area contributed by atoms with Crippen LogP contribution in [0.1, 0.15) is 33.6 Å². The smallest absolute Gasteiger partial charge is 0.410 e. The van der Waals surface area contributed by atoms with Crippen LogP contribution >= 0.6 is 0 Å². The molecule has 24 heavy (non-hydrogen) atoms. The number of likely N-dealkylation sites (tertiary alicyclic amines) is 1. The molecule has 2 aliphatic rings. The zero-order chi connectivity index (χ0) is 17.6. The quantitative estimate of drug-likeness (QED) is 0.821. The fourth-order valence-electron chi connectivity index (χ4n) is 3.47. The van der Waals surface area contributed by atoms with Crippen molar-refractivity contribution in [1.29, 1.82) is 0 Å². The first-order chi connectivity index (χ1) is 11.4. The lowest BCUT2D eigenvalue weighted by Crippen LogP contribution is -2.51. The van der Waals surface area contributed by atoms with E-state index in [4.69, 9.17) is 4.74 Å². The molecule has 2 aliphatic heterocycles. The zero-order valence-electron chi connectivity index (χ0n) is 16.0. The molecule has 0 bridgehead atoms. The molecule has 0 aromatic rings. The monoisotopic (exact) mass is 340 g/mol. The van der Waals surface area contributed by atoms with Gasteiger partial charge in [-0.1, -0.05) is 0 Å². The molecule has 140 valence electrons. The minimum atomic E-state index is -0.407. The number of rotatable bonds is 5. The molecule has 0 aromatic heterocycles. The summed E-state index contributed by atoms with van der Waals surface area (Å²) in [4.78, 5) is 19.0. The Bertz CT molecular complexity index is 381. The summed E-state index contributed by atoms with van der Waals surface area (Å²) in [5.41, 5.74) is -0.407. The number of ether oxygens (including phenoxy) is 1. The van der Waals surface area contributed by atoms with Crippen LogP contribution in [0.3, 0.4) is 0 Å². The van der Waals surface area contributed by atoms with Gasteiger partial charge in [-0.15, -0.1) is 0 Å². The van der Waals surface area contributed by atoms with E-state index < -0.39 is 5.60 Å². The Morgan fingerprint density at radius 1 is 1.04 bits per heavy atom. The molecule has 0 saturated carbocycles. The largest absolute Gasteiger partial charge is 0.444 e. The van der Waals surface area contributed by atoms with Crippen molar-refractivity contribution >= 4 is 6.09 Å². The molecule has 0 atom stereocenters. The minimum Gasteiger partial charge on any atom is -0.444 e. The Kier molecular flexibility index (Phi) is 7.32. The Morgan fingerprint density at radius 3 is 2.21 bits per heavy atom. The molecule has 2 fully saturated rings. The summed E-state index contributed by atoms with van der Waals surface area (Å²) >= 11 is 0. The molecule has 0 unspecified atom stereocenters. The van der Waals surface area contributed by atoms with E-state index in [0.29, 0.717) is 0 Å². The molecule has 6 nitrogen and oxygen atoms in total. The zero-order valence-corrected chi connectivity index (χ0v) is 16.0. The molecule has 2 saturated heterocycles. The van der Waals surface area contributed by atoms with Gasteiger partial charge in [-0.3, -0.25) is 4.90 Å². The van der Waals surface area contributed by atoms with Gasteiger partial charge in [0.2, 0.25) is 0 Å². The van der Waals surface area contributed by atoms with Crippen LogP contribution in [0, 0.1) is 5.92 Å². The van der Waals surface area contributed by atoms with Gasteiger partial charge in [0.05, 0.1) is 0 Å². The van der Waals surface area contributed by atoms with E-state index in [2.05, 4.69) is 15.1 Å². The summed E-state index contributed by atoms with van der Waals surface area (Å²) in [6.07, 6.45) is 2.44. The van der Waals surface area contributed by atoms with Gasteiger partial charge < -0.3 is 19.9 Å². The second-order valence-electron chi connectivity index (χ2n) is 8.16. The van der Waals surface area contributed by atoms with E-state index in [1.165, 1.54) is 32.5 Å². The third-order valence-corrected chi connectivity index (χ3v) is 4.93. The summed E-state index contributed by atoms with van der Waals surface area (Å²) in [7, 11) is 2.02. The molecule has 0 spiro atoms. The van der Waals surface area contributed by atoms with Crippen molar-refractivity contribution < 1.29 is 9.53 Å². The number of amides is 1. The summed E-state index contributed by atoms with van der Waals surface area (Å²) < 4.78 is 5.46. The van der Waals surface area contributed by atoms with Crippen LogP contribution in [0.4, 0.5) is 4.79 Å². The van der Waals surface area contributed by atoms with Gasteiger partial charge in [-0.25, -0.2) is 4.79 Å². The highest BCUT2D eigenvalue weighted by atomic mass is 16.6. The van der Waals surface area contributed by atoms with Crippen molar-refractivity contribution in [2.45, 2.75) is 39.2 Å². The molecule has 1 amide bonds. The van der Waals surface area contributed by atoms with Crippen molar-refractivity contribution in [3.05, 3.63) is 0 Å². The van der Waals surface area contributed by atoms with Crippen molar-refractivity contribution in [2.75, 3.05) is 66.0 Å². The van der Waals surface area contributed by atoms with Crippen LogP contribution < -0.4 is 5.32 Å². The highest BCUT2D eigenvalue weighted by Gasteiger charge is 2.27. The molecule has 6 heteroatoms. The molecule has 1 N–H and O–H groups in total. The topological polar surface area (TPSA) is 48.0 Å². The van der Waals surface area contributed by atoms with Crippen molar-refractivity contribution in [3.8, 4) is 0 Å². The number of hydrogen-bond donors (Lipinski definition) is 1. The number of piperazine rings is 1. The van der Waals surface area contributed by atoms with E-state index in [9.17, 15) is 4.79 Å². The molecular formula is C18H36N4O2. The second-order valence-corrected chi connectivity index (χ2v) is 8.16. The van der Waals surface area contributed by atoms with Gasteiger partial charge in [-0.05, 0) is 59.7 Å². The Morgan fingerprint density at radius 2 is 1.67 bits per heavy atom. The maximum absolute atomic E-state index is 12.1. The Balaban J connectivity index is 1.64. The molecule has 0 aromatic carbocycles. The maximum atomic E-state index is 12.1.